The number of aliphatic carboxylic acids is 1. The summed E-state index contributed by atoms with van der Waals surface area (Å²) in [4.78, 5) is 30.6. The van der Waals surface area contributed by atoms with Crippen molar-refractivity contribution in [3.8, 4) is 0 Å². The van der Waals surface area contributed by atoms with E-state index in [2.05, 4.69) is 45.1 Å². The molecule has 0 aromatic heterocycles. The third-order valence-electron chi connectivity index (χ3n) is 6.86. The quantitative estimate of drug-likeness (QED) is 0.113. The smallest absolute Gasteiger partial charge is 0.683 e. The average molecular weight is 650 g/mol. The van der Waals surface area contributed by atoms with Gasteiger partial charge in [0.1, 0.15) is 10.9 Å². The number of hydrogen-bond donors (Lipinski definition) is 1. The molecule has 40 heavy (non-hydrogen) atoms. The Bertz CT molecular complexity index is 1280. The maximum absolute atomic E-state index is 12.2. The number of carboxylic acid groups (broad SMARTS) is 1. The Balaban J connectivity index is 0.00000441. The summed E-state index contributed by atoms with van der Waals surface area (Å²) in [5, 5.41) is 15.0. The Morgan fingerprint density at radius 3 is 2.38 bits per heavy atom. The predicted molar refractivity (Wildman–Crippen MR) is 157 cm³/mol. The van der Waals surface area contributed by atoms with Gasteiger partial charge in [-0.15, -0.1) is 12.2 Å². The van der Waals surface area contributed by atoms with Crippen molar-refractivity contribution < 1.29 is 35.9 Å². The summed E-state index contributed by atoms with van der Waals surface area (Å²) < 4.78 is 4.77. The van der Waals surface area contributed by atoms with Crippen molar-refractivity contribution in [3.05, 3.63) is 107 Å². The van der Waals surface area contributed by atoms with Gasteiger partial charge >= 0.3 is 28.4 Å². The van der Waals surface area contributed by atoms with Crippen molar-refractivity contribution in [3.63, 3.8) is 0 Å². The van der Waals surface area contributed by atoms with E-state index in [1.165, 1.54) is 12.7 Å². The van der Waals surface area contributed by atoms with Crippen LogP contribution < -0.4 is 0 Å². The average Bonchev–Trinajstić information content (AvgIpc) is 3.41. The molecule has 1 saturated heterocycles. The number of carbonyl (C=O) groups excluding carboxylic acids is 1. The molecule has 3 atom stereocenters. The minimum Gasteiger partial charge on any atom is -0.683 e. The Morgan fingerprint density at radius 1 is 1.05 bits per heavy atom. The number of nitrogens with zero attached hydrogens (tertiary/aromatic N) is 3. The first kappa shape index (κ1) is 31.5. The molecule has 3 unspecified atom stereocenters. The Kier molecular flexibility index (Phi) is 12.4. The third kappa shape index (κ3) is 8.50. The second-order valence-corrected chi connectivity index (χ2v) is 10.6. The van der Waals surface area contributed by atoms with Gasteiger partial charge in [-0.05, 0) is 36.6 Å². The molecule has 7 nitrogen and oxygen atoms in total. The van der Waals surface area contributed by atoms with Crippen molar-refractivity contribution in [2.75, 3.05) is 20.2 Å². The maximum Gasteiger partial charge on any atom is 2.00 e. The molecule has 212 valence electrons. The Hall–Kier alpha value is -3.00. The molecule has 0 aliphatic carbocycles. The van der Waals surface area contributed by atoms with Crippen molar-refractivity contribution in [1.29, 1.82) is 0 Å². The number of esters is 1. The molecule has 1 heterocycles. The monoisotopic (exact) mass is 648 g/mol. The standard InChI is InChI=1S/C31H34BrN3O4.Ni/c1-39-31(38)26(32)19-28(30(36)37)34-29(23-13-6-3-7-14-23)25-16-8-9-17-27(25)33-20-24-15-10-18-35(24)21-22-11-4-2-5-12-22;/h2-9,11-14,16-17,24,26,28H,10,15,18-21H2,1H3,(H2,33,34,36,37);/q;+2/p-1. The van der Waals surface area contributed by atoms with E-state index in [4.69, 9.17) is 15.0 Å². The van der Waals surface area contributed by atoms with Gasteiger partial charge in [0, 0.05) is 18.5 Å². The van der Waals surface area contributed by atoms with E-state index < -0.39 is 22.8 Å². The van der Waals surface area contributed by atoms with E-state index in [9.17, 15) is 14.7 Å². The molecule has 1 aliphatic heterocycles. The topological polar surface area (TPSA) is 93.3 Å². The van der Waals surface area contributed by atoms with Gasteiger partial charge in [-0.25, -0.2) is 4.79 Å². The van der Waals surface area contributed by atoms with E-state index in [0.29, 0.717) is 18.3 Å². The zero-order valence-corrected chi connectivity index (χ0v) is 24.8. The summed E-state index contributed by atoms with van der Waals surface area (Å²) in [5.41, 5.74) is 4.12. The maximum atomic E-state index is 12.2. The largest absolute Gasteiger partial charge is 2.00 e. The number of alkyl halides is 1. The molecule has 0 amide bonds. The number of carboxylic acids is 1. The fourth-order valence-electron chi connectivity index (χ4n) is 4.82. The summed E-state index contributed by atoms with van der Waals surface area (Å²) in [6.07, 6.45) is 2.17. The van der Waals surface area contributed by atoms with E-state index in [0.717, 1.165) is 42.7 Å². The van der Waals surface area contributed by atoms with Crippen LogP contribution in [0.5, 0.6) is 0 Å². The fraction of sp³-hybridized carbons (Fsp3) is 0.323. The van der Waals surface area contributed by atoms with Gasteiger partial charge < -0.3 is 15.2 Å². The van der Waals surface area contributed by atoms with Gasteiger partial charge in [0.2, 0.25) is 0 Å². The number of halogens is 1. The van der Waals surface area contributed by atoms with Crippen molar-refractivity contribution in [2.24, 2.45) is 4.99 Å². The van der Waals surface area contributed by atoms with Gasteiger partial charge in [-0.2, -0.15) is 0 Å². The van der Waals surface area contributed by atoms with Gasteiger partial charge in [0.15, 0.2) is 0 Å². The van der Waals surface area contributed by atoms with Crippen LogP contribution in [0.1, 0.15) is 36.0 Å². The number of rotatable bonds is 12. The molecule has 0 bridgehead atoms. The van der Waals surface area contributed by atoms with Crippen LogP contribution in [0.15, 0.2) is 89.9 Å². The van der Waals surface area contributed by atoms with Gasteiger partial charge in [-0.1, -0.05) is 101 Å². The SMILES string of the molecule is COC(=O)C(Br)CC(N=C(c1ccccc1)c1ccccc1[N-]CC1CCCN1Cc1ccccc1)C(=O)O.[Ni+2]. The number of likely N-dealkylation sites (tertiary alicyclic amines) is 1. The van der Waals surface area contributed by atoms with Crippen LogP contribution in [-0.2, 0) is 37.4 Å². The van der Waals surface area contributed by atoms with Crippen LogP contribution in [0.3, 0.4) is 0 Å². The third-order valence-corrected chi connectivity index (χ3v) is 7.61. The minimum absolute atomic E-state index is 0. The zero-order valence-electron chi connectivity index (χ0n) is 22.3. The molecule has 1 aliphatic rings. The Labute approximate surface area is 254 Å². The fourth-order valence-corrected chi connectivity index (χ4v) is 5.36. The Morgan fingerprint density at radius 2 is 1.70 bits per heavy atom. The van der Waals surface area contributed by atoms with Crippen LogP contribution >= 0.6 is 15.9 Å². The van der Waals surface area contributed by atoms with Crippen molar-refractivity contribution >= 4 is 39.3 Å². The first-order valence-electron chi connectivity index (χ1n) is 13.1. The number of hydrogen-bond acceptors (Lipinski definition) is 5. The molecule has 1 fully saturated rings. The van der Waals surface area contributed by atoms with Crippen LogP contribution in [-0.4, -0.2) is 64.8 Å². The first-order chi connectivity index (χ1) is 19.0. The molecule has 9 heteroatoms. The summed E-state index contributed by atoms with van der Waals surface area (Å²) in [6.45, 7) is 2.58. The summed E-state index contributed by atoms with van der Waals surface area (Å²) in [7, 11) is 1.27. The van der Waals surface area contributed by atoms with Crippen LogP contribution in [0.25, 0.3) is 5.32 Å². The van der Waals surface area contributed by atoms with E-state index in [1.54, 1.807) is 0 Å². The van der Waals surface area contributed by atoms with Crippen LogP contribution in [0, 0.1) is 0 Å². The van der Waals surface area contributed by atoms with Crippen LogP contribution in [0.4, 0.5) is 5.69 Å². The minimum atomic E-state index is -1.16. The number of para-hydroxylation sites is 1. The predicted octanol–water partition coefficient (Wildman–Crippen LogP) is 5.97. The van der Waals surface area contributed by atoms with Gasteiger partial charge in [-0.3, -0.25) is 14.7 Å². The first-order valence-corrected chi connectivity index (χ1v) is 14.0. The molecular formula is C31H33BrN3NiO4+. The normalized spacial score (nSPS) is 16.9. The van der Waals surface area contributed by atoms with E-state index in [-0.39, 0.29) is 22.9 Å². The van der Waals surface area contributed by atoms with Crippen LogP contribution in [0.2, 0.25) is 0 Å². The number of aliphatic imine (C=N–C) groups is 1. The van der Waals surface area contributed by atoms with Crippen molar-refractivity contribution in [1.82, 2.24) is 4.90 Å². The molecule has 0 radical (unpaired) electrons. The summed E-state index contributed by atoms with van der Waals surface area (Å²) in [5.74, 6) is -1.65. The number of methoxy groups -OCH3 is 1. The summed E-state index contributed by atoms with van der Waals surface area (Å²) >= 11 is 3.25. The van der Waals surface area contributed by atoms with Gasteiger partial charge in [0.25, 0.3) is 0 Å². The molecule has 3 aromatic rings. The number of ether oxygens (including phenoxy) is 1. The zero-order chi connectivity index (χ0) is 27.6. The number of benzene rings is 3. The van der Waals surface area contributed by atoms with Gasteiger partial charge in [0.05, 0.1) is 12.8 Å². The number of carbonyl (C=O) groups is 2. The summed E-state index contributed by atoms with van der Waals surface area (Å²) in [6, 6.07) is 26.8. The van der Waals surface area contributed by atoms with Crippen molar-refractivity contribution in [2.45, 2.75) is 42.7 Å². The molecule has 0 spiro atoms. The molecular weight excluding hydrogens is 617 g/mol. The van der Waals surface area contributed by atoms with E-state index in [1.807, 2.05) is 60.7 Å². The second kappa shape index (κ2) is 15.7. The molecule has 4 rings (SSSR count). The van der Waals surface area contributed by atoms with E-state index >= 15 is 0 Å². The second-order valence-electron chi connectivity index (χ2n) is 9.53. The molecule has 0 saturated carbocycles. The molecule has 3 aromatic carbocycles. The molecule has 1 N–H and O–H groups in total.